The number of thioether (sulfide) groups is 1. The highest BCUT2D eigenvalue weighted by Gasteiger charge is 2.26. The number of amides is 1. The summed E-state index contributed by atoms with van der Waals surface area (Å²) in [4.78, 5) is 13.4. The average molecular weight is 392 g/mol. The summed E-state index contributed by atoms with van der Waals surface area (Å²) >= 11 is 1.94. The third-order valence-electron chi connectivity index (χ3n) is 5.68. The molecule has 5 nitrogen and oxygen atoms in total. The summed E-state index contributed by atoms with van der Waals surface area (Å²) in [6.07, 6.45) is 6.87. The van der Waals surface area contributed by atoms with Gasteiger partial charge in [0.15, 0.2) is 0 Å². The molecule has 3 rings (SSSR count). The summed E-state index contributed by atoms with van der Waals surface area (Å²) in [6.45, 7) is 5.79. The maximum absolute atomic E-state index is 13.4. The van der Waals surface area contributed by atoms with Crippen LogP contribution in [0.5, 0.6) is 0 Å². The van der Waals surface area contributed by atoms with Gasteiger partial charge in [0.05, 0.1) is 13.1 Å². The predicted octanol–water partition coefficient (Wildman–Crippen LogP) is 3.90. The van der Waals surface area contributed by atoms with Crippen LogP contribution >= 0.6 is 11.8 Å². The molecule has 0 bridgehead atoms. The molecular weight excluding hydrogens is 358 g/mol. The van der Waals surface area contributed by atoms with Crippen LogP contribution in [-0.2, 0) is 4.79 Å². The van der Waals surface area contributed by atoms with E-state index in [0.29, 0.717) is 18.3 Å². The lowest BCUT2D eigenvalue weighted by atomic mass is 10.1. The number of carbonyl (C=O) groups is 1. The molecule has 0 saturated carbocycles. The van der Waals surface area contributed by atoms with Gasteiger partial charge in [0.25, 0.3) is 0 Å². The predicted molar refractivity (Wildman–Crippen MR) is 116 cm³/mol. The highest BCUT2D eigenvalue weighted by Crippen LogP contribution is 2.33. The molecule has 1 unspecified atom stereocenters. The Kier molecular flexibility index (Phi) is 7.44. The van der Waals surface area contributed by atoms with Crippen LogP contribution in [0, 0.1) is 5.21 Å². The second-order valence-corrected chi connectivity index (χ2v) is 9.24. The molecule has 2 aliphatic heterocycles. The molecule has 0 spiro atoms. The van der Waals surface area contributed by atoms with Crippen LogP contribution in [0.15, 0.2) is 24.3 Å². The number of anilines is 1. The van der Waals surface area contributed by atoms with Crippen molar-refractivity contribution in [2.75, 3.05) is 43.4 Å². The van der Waals surface area contributed by atoms with Gasteiger partial charge in [-0.15, -0.1) is 0 Å². The monoisotopic (exact) mass is 391 g/mol. The molecule has 0 aliphatic carbocycles. The minimum atomic E-state index is -0.156. The van der Waals surface area contributed by atoms with Crippen LogP contribution in [0.25, 0.3) is 0 Å². The normalized spacial score (nSPS) is 22.9. The topological polar surface area (TPSA) is 55.4 Å². The third kappa shape index (κ3) is 5.87. The largest absolute Gasteiger partial charge is 0.627 e. The summed E-state index contributed by atoms with van der Waals surface area (Å²) in [5.41, 5.74) is 2.11. The molecule has 1 aromatic rings. The third-order valence-corrected chi connectivity index (χ3v) is 6.97. The lowest BCUT2D eigenvalue weighted by Gasteiger charge is -2.43. The molecule has 2 fully saturated rings. The van der Waals surface area contributed by atoms with Crippen molar-refractivity contribution in [1.82, 2.24) is 9.96 Å². The van der Waals surface area contributed by atoms with Gasteiger partial charge in [0.2, 0.25) is 5.91 Å². The molecule has 2 aliphatic rings. The fraction of sp³-hybridized carbons (Fsp3) is 0.667. The Morgan fingerprint density at radius 3 is 2.74 bits per heavy atom. The zero-order chi connectivity index (χ0) is 19.1. The van der Waals surface area contributed by atoms with E-state index in [2.05, 4.69) is 28.4 Å². The van der Waals surface area contributed by atoms with Gasteiger partial charge >= 0.3 is 0 Å². The molecule has 6 heteroatoms. The highest BCUT2D eigenvalue weighted by molar-refractivity contribution is 7.99. The molecule has 1 atom stereocenters. The fourth-order valence-electron chi connectivity index (χ4n) is 4.13. The number of benzene rings is 1. The van der Waals surface area contributed by atoms with E-state index in [1.54, 1.807) is 6.92 Å². The van der Waals surface area contributed by atoms with Crippen molar-refractivity contribution >= 4 is 29.0 Å². The molecule has 27 heavy (non-hydrogen) atoms. The lowest BCUT2D eigenvalue weighted by Crippen LogP contribution is -2.45. The van der Waals surface area contributed by atoms with Crippen molar-refractivity contribution in [2.45, 2.75) is 50.7 Å². The van der Waals surface area contributed by atoms with Gasteiger partial charge in [0.1, 0.15) is 5.69 Å². The summed E-state index contributed by atoms with van der Waals surface area (Å²) < 4.78 is -0.156. The van der Waals surface area contributed by atoms with Gasteiger partial charge in [-0.2, -0.15) is 11.8 Å². The number of rotatable bonds is 6. The van der Waals surface area contributed by atoms with E-state index >= 15 is 0 Å². The summed E-state index contributed by atoms with van der Waals surface area (Å²) in [7, 11) is 0. The summed E-state index contributed by atoms with van der Waals surface area (Å²) in [5, 5.41) is 16.9. The zero-order valence-electron chi connectivity index (χ0n) is 16.5. The smallest absolute Gasteiger partial charge is 0.216 e. The first-order chi connectivity index (χ1) is 13.1. The number of hydrogen-bond acceptors (Lipinski definition) is 4. The van der Waals surface area contributed by atoms with E-state index in [-0.39, 0.29) is 10.6 Å². The first-order valence-electron chi connectivity index (χ1n) is 10.4. The van der Waals surface area contributed by atoms with Crippen molar-refractivity contribution in [2.24, 2.45) is 0 Å². The average Bonchev–Trinajstić information content (AvgIpc) is 3.11. The van der Waals surface area contributed by atoms with E-state index in [1.165, 1.54) is 24.9 Å². The fourth-order valence-corrected chi connectivity index (χ4v) is 5.24. The second kappa shape index (κ2) is 9.80. The summed E-state index contributed by atoms with van der Waals surface area (Å²) in [5.74, 6) is 0.998. The van der Waals surface area contributed by atoms with Gasteiger partial charge in [-0.05, 0) is 44.2 Å². The number of quaternary nitrogens is 1. The Morgan fingerprint density at radius 1 is 1.26 bits per heavy atom. The molecule has 150 valence electrons. The Labute approximate surface area is 167 Å². The van der Waals surface area contributed by atoms with Crippen LogP contribution < -0.4 is 14.9 Å². The van der Waals surface area contributed by atoms with Crippen molar-refractivity contribution in [3.05, 3.63) is 29.5 Å². The number of hydrogen-bond donors (Lipinski definition) is 1. The first kappa shape index (κ1) is 20.5. The van der Waals surface area contributed by atoms with E-state index in [1.807, 2.05) is 17.8 Å². The summed E-state index contributed by atoms with van der Waals surface area (Å²) in [6, 6.07) is 8.36. The van der Waals surface area contributed by atoms with E-state index in [4.69, 9.17) is 0 Å². The second-order valence-electron chi connectivity index (χ2n) is 7.83. The number of carbonyl (C=O) groups excluding carboxylic acids is 1. The SMILES string of the molecule is CC(=O)NCCSC1CCN(c2cccc([N+]3([O-])CCCCCCC3)c2)C1. The van der Waals surface area contributed by atoms with Crippen molar-refractivity contribution in [3.63, 3.8) is 0 Å². The number of nitrogens with one attached hydrogen (secondary N) is 1. The van der Waals surface area contributed by atoms with E-state index in [0.717, 1.165) is 50.3 Å². The molecule has 0 radical (unpaired) electrons. The Bertz CT molecular complexity index is 617. The van der Waals surface area contributed by atoms with Crippen LogP contribution in [0.3, 0.4) is 0 Å². The number of hydroxylamine groups is 2. The lowest BCUT2D eigenvalue weighted by molar-refractivity contribution is -0.118. The van der Waals surface area contributed by atoms with Crippen LogP contribution in [0.1, 0.15) is 45.4 Å². The van der Waals surface area contributed by atoms with Crippen LogP contribution in [0.4, 0.5) is 11.4 Å². The van der Waals surface area contributed by atoms with E-state index in [9.17, 15) is 10.0 Å². The first-order valence-corrected chi connectivity index (χ1v) is 11.4. The van der Waals surface area contributed by atoms with Crippen molar-refractivity contribution in [3.8, 4) is 0 Å². The van der Waals surface area contributed by atoms with Crippen LogP contribution in [0.2, 0.25) is 0 Å². The molecule has 0 aromatic heterocycles. The van der Waals surface area contributed by atoms with Crippen molar-refractivity contribution < 1.29 is 4.79 Å². The molecular formula is C21H33N3O2S. The minimum absolute atomic E-state index is 0.0411. The highest BCUT2D eigenvalue weighted by atomic mass is 32.2. The van der Waals surface area contributed by atoms with Crippen LogP contribution in [-0.4, -0.2) is 49.6 Å². The Hall–Kier alpha value is -1.24. The Morgan fingerprint density at radius 2 is 2.00 bits per heavy atom. The van der Waals surface area contributed by atoms with Gasteiger partial charge in [-0.1, -0.05) is 12.5 Å². The molecule has 1 N–H and O–H groups in total. The zero-order valence-corrected chi connectivity index (χ0v) is 17.3. The standard InChI is InChI=1S/C21H33N3O2S/c1-18(25)22-11-15-27-21-10-12-23(17-21)19-8-7-9-20(16-19)24(26)13-5-3-2-4-6-14-24/h7-9,16,21H,2-6,10-15,17H2,1H3,(H,22,25). The molecule has 1 aromatic carbocycles. The quantitative estimate of drug-likeness (QED) is 0.454. The van der Waals surface area contributed by atoms with E-state index < -0.39 is 0 Å². The minimum Gasteiger partial charge on any atom is -0.627 e. The Balaban J connectivity index is 1.58. The van der Waals surface area contributed by atoms with Gasteiger partial charge in [-0.25, -0.2) is 0 Å². The molecule has 1 amide bonds. The molecule has 2 saturated heterocycles. The number of nitrogens with zero attached hydrogens (tertiary/aromatic N) is 2. The van der Waals surface area contributed by atoms with Gasteiger partial charge in [-0.3, -0.25) is 4.79 Å². The van der Waals surface area contributed by atoms with Gasteiger partial charge in [0, 0.05) is 49.3 Å². The molecule has 2 heterocycles. The maximum Gasteiger partial charge on any atom is 0.216 e. The van der Waals surface area contributed by atoms with Crippen molar-refractivity contribution in [1.29, 1.82) is 0 Å². The van der Waals surface area contributed by atoms with Gasteiger partial charge < -0.3 is 20.1 Å². The maximum atomic E-state index is 13.4.